The molecule has 24 heavy (non-hydrogen) atoms. The quantitative estimate of drug-likeness (QED) is 0.454. The molecule has 1 aliphatic carbocycles. The van der Waals surface area contributed by atoms with Gasteiger partial charge in [0.25, 0.3) is 0 Å². The molecule has 0 aliphatic heterocycles. The third kappa shape index (κ3) is 6.48. The van der Waals surface area contributed by atoms with Crippen molar-refractivity contribution in [3.8, 4) is 0 Å². The monoisotopic (exact) mass is 338 g/mol. The molecule has 1 unspecified atom stereocenters. The highest BCUT2D eigenvalue weighted by Gasteiger charge is 2.24. The highest BCUT2D eigenvalue weighted by Crippen LogP contribution is 2.15. The van der Waals surface area contributed by atoms with E-state index in [0.717, 1.165) is 43.5 Å². The lowest BCUT2D eigenvalue weighted by Gasteiger charge is -2.37. The number of nitrogens with zero attached hydrogens (tertiary/aromatic N) is 1. The Morgan fingerprint density at radius 1 is 1.17 bits per heavy atom. The van der Waals surface area contributed by atoms with E-state index in [9.17, 15) is 9.59 Å². The molecule has 5 heteroatoms. The zero-order valence-corrected chi connectivity index (χ0v) is 15.5. The van der Waals surface area contributed by atoms with Gasteiger partial charge in [0, 0.05) is 13.3 Å². The largest absolute Gasteiger partial charge is 0.458 e. The van der Waals surface area contributed by atoms with Crippen molar-refractivity contribution in [2.24, 2.45) is 0 Å². The fourth-order valence-electron chi connectivity index (χ4n) is 3.23. The summed E-state index contributed by atoms with van der Waals surface area (Å²) in [5, 5.41) is 0. The Morgan fingerprint density at radius 3 is 2.29 bits per heavy atom. The molecule has 5 nitrogen and oxygen atoms in total. The fourth-order valence-corrected chi connectivity index (χ4v) is 3.23. The van der Waals surface area contributed by atoms with Crippen molar-refractivity contribution in [3.05, 3.63) is 23.8 Å². The minimum atomic E-state index is -0.315. The number of carbonyl (C=O) groups is 2. The number of hydrogen-bond donors (Lipinski definition) is 0. The average Bonchev–Trinajstić information content (AvgIpc) is 2.55. The SMILES string of the molecule is CCC[N+](CC)(CCC)CCOC(=O)C1=CCC(OC(C)=O)C=C1. The normalized spacial score (nSPS) is 17.3. The van der Waals surface area contributed by atoms with Gasteiger partial charge >= 0.3 is 11.9 Å². The molecular weight excluding hydrogens is 306 g/mol. The zero-order chi connectivity index (χ0) is 18.0. The number of ether oxygens (including phenoxy) is 2. The molecule has 0 heterocycles. The Morgan fingerprint density at radius 2 is 1.83 bits per heavy atom. The van der Waals surface area contributed by atoms with Crippen LogP contribution in [0, 0.1) is 0 Å². The first-order valence-electron chi connectivity index (χ1n) is 9.04. The molecule has 0 saturated carbocycles. The number of likely N-dealkylation sites (N-methyl/N-ethyl adjacent to an activating group) is 1. The van der Waals surface area contributed by atoms with Crippen LogP contribution >= 0.6 is 0 Å². The maximum absolute atomic E-state index is 12.2. The Labute approximate surface area is 145 Å². The average molecular weight is 338 g/mol. The molecule has 0 aromatic rings. The van der Waals surface area contributed by atoms with Crippen LogP contribution in [0.25, 0.3) is 0 Å². The van der Waals surface area contributed by atoms with Crippen LogP contribution in [-0.4, -0.2) is 55.3 Å². The Bertz CT molecular complexity index is 476. The third-order valence-corrected chi connectivity index (χ3v) is 4.48. The number of rotatable bonds is 10. The van der Waals surface area contributed by atoms with Gasteiger partial charge in [0.05, 0.1) is 25.2 Å². The number of carbonyl (C=O) groups excluding carboxylic acids is 2. The van der Waals surface area contributed by atoms with Crippen molar-refractivity contribution in [2.75, 3.05) is 32.8 Å². The summed E-state index contributed by atoms with van der Waals surface area (Å²) in [4.78, 5) is 23.1. The maximum atomic E-state index is 12.2. The first-order valence-corrected chi connectivity index (χ1v) is 9.04. The molecule has 0 aromatic carbocycles. The smallest absolute Gasteiger partial charge is 0.338 e. The number of esters is 2. The second-order valence-electron chi connectivity index (χ2n) is 6.37. The molecular formula is C19H32NO4+. The molecule has 0 fully saturated rings. The third-order valence-electron chi connectivity index (χ3n) is 4.48. The van der Waals surface area contributed by atoms with Gasteiger partial charge in [0.15, 0.2) is 0 Å². The maximum Gasteiger partial charge on any atom is 0.338 e. The Kier molecular flexibility index (Phi) is 8.76. The summed E-state index contributed by atoms with van der Waals surface area (Å²) in [5.41, 5.74) is 0.541. The van der Waals surface area contributed by atoms with E-state index in [1.165, 1.54) is 6.92 Å². The van der Waals surface area contributed by atoms with Crippen LogP contribution in [0.1, 0.15) is 47.0 Å². The summed E-state index contributed by atoms with van der Waals surface area (Å²) >= 11 is 0. The van der Waals surface area contributed by atoms with E-state index >= 15 is 0 Å². The molecule has 0 spiro atoms. The van der Waals surface area contributed by atoms with Crippen molar-refractivity contribution in [1.82, 2.24) is 0 Å². The van der Waals surface area contributed by atoms with Crippen molar-refractivity contribution in [3.63, 3.8) is 0 Å². The van der Waals surface area contributed by atoms with Crippen LogP contribution < -0.4 is 0 Å². The van der Waals surface area contributed by atoms with Gasteiger partial charge in [-0.05, 0) is 31.9 Å². The summed E-state index contributed by atoms with van der Waals surface area (Å²) < 4.78 is 11.6. The van der Waals surface area contributed by atoms with Crippen molar-refractivity contribution in [2.45, 2.75) is 53.1 Å². The van der Waals surface area contributed by atoms with Crippen LogP contribution in [0.2, 0.25) is 0 Å². The van der Waals surface area contributed by atoms with E-state index in [2.05, 4.69) is 20.8 Å². The van der Waals surface area contributed by atoms with Crippen LogP contribution in [0.3, 0.4) is 0 Å². The first-order chi connectivity index (χ1) is 11.5. The zero-order valence-electron chi connectivity index (χ0n) is 15.5. The predicted molar refractivity (Wildman–Crippen MR) is 94.3 cm³/mol. The lowest BCUT2D eigenvalue weighted by atomic mass is 10.1. The molecule has 0 N–H and O–H groups in total. The van der Waals surface area contributed by atoms with Gasteiger partial charge < -0.3 is 14.0 Å². The second kappa shape index (κ2) is 10.3. The number of hydrogen-bond acceptors (Lipinski definition) is 4. The Balaban J connectivity index is 2.47. The van der Waals surface area contributed by atoms with E-state index in [-0.39, 0.29) is 18.0 Å². The van der Waals surface area contributed by atoms with Crippen molar-refractivity contribution < 1.29 is 23.5 Å². The summed E-state index contributed by atoms with van der Waals surface area (Å²) in [6.07, 6.45) is 7.69. The standard InChI is InChI=1S/C19H32NO4/c1-5-12-20(7-3,13-6-2)14-15-23-19(22)17-8-10-18(11-9-17)24-16(4)21/h8-10,18H,5-7,11-15H2,1-4H3/q+1. The van der Waals surface area contributed by atoms with Crippen LogP contribution in [0.4, 0.5) is 0 Å². The molecule has 0 amide bonds. The van der Waals surface area contributed by atoms with Gasteiger partial charge in [-0.1, -0.05) is 19.9 Å². The van der Waals surface area contributed by atoms with E-state index < -0.39 is 0 Å². The molecule has 0 bridgehead atoms. The minimum Gasteiger partial charge on any atom is -0.458 e. The van der Waals surface area contributed by atoms with E-state index in [1.807, 2.05) is 0 Å². The van der Waals surface area contributed by atoms with E-state index in [0.29, 0.717) is 18.6 Å². The highest BCUT2D eigenvalue weighted by atomic mass is 16.5. The summed E-state index contributed by atoms with van der Waals surface area (Å²) in [6, 6.07) is 0. The summed E-state index contributed by atoms with van der Waals surface area (Å²) in [7, 11) is 0. The van der Waals surface area contributed by atoms with Gasteiger partial charge in [0.2, 0.25) is 0 Å². The topological polar surface area (TPSA) is 52.6 Å². The van der Waals surface area contributed by atoms with E-state index in [1.54, 1.807) is 18.2 Å². The van der Waals surface area contributed by atoms with E-state index in [4.69, 9.17) is 9.47 Å². The van der Waals surface area contributed by atoms with Gasteiger partial charge in [0.1, 0.15) is 19.3 Å². The van der Waals surface area contributed by atoms with Crippen LogP contribution in [-0.2, 0) is 19.1 Å². The summed E-state index contributed by atoms with van der Waals surface area (Å²) in [5.74, 6) is -0.612. The molecule has 1 rings (SSSR count). The predicted octanol–water partition coefficient (Wildman–Crippen LogP) is 3.00. The van der Waals surface area contributed by atoms with Gasteiger partial charge in [-0.3, -0.25) is 4.79 Å². The second-order valence-corrected chi connectivity index (χ2v) is 6.37. The molecule has 0 saturated heterocycles. The minimum absolute atomic E-state index is 0.280. The van der Waals surface area contributed by atoms with Crippen molar-refractivity contribution >= 4 is 11.9 Å². The van der Waals surface area contributed by atoms with Gasteiger partial charge in [-0.2, -0.15) is 0 Å². The molecule has 0 radical (unpaired) electrons. The lowest BCUT2D eigenvalue weighted by Crippen LogP contribution is -2.51. The first kappa shape index (κ1) is 20.4. The van der Waals surface area contributed by atoms with Crippen LogP contribution in [0.5, 0.6) is 0 Å². The molecule has 136 valence electrons. The van der Waals surface area contributed by atoms with Gasteiger partial charge in [-0.25, -0.2) is 4.79 Å². The Hall–Kier alpha value is -1.62. The van der Waals surface area contributed by atoms with Crippen LogP contribution in [0.15, 0.2) is 23.8 Å². The number of quaternary nitrogens is 1. The fraction of sp³-hybridized carbons (Fsp3) is 0.684. The highest BCUT2D eigenvalue weighted by molar-refractivity contribution is 5.91. The molecule has 0 aromatic heterocycles. The molecule has 1 aliphatic rings. The van der Waals surface area contributed by atoms with Crippen molar-refractivity contribution in [1.29, 1.82) is 0 Å². The summed E-state index contributed by atoms with van der Waals surface area (Å²) in [6.45, 7) is 12.6. The lowest BCUT2D eigenvalue weighted by molar-refractivity contribution is -0.926. The van der Waals surface area contributed by atoms with Gasteiger partial charge in [-0.15, -0.1) is 0 Å². The molecule has 1 atom stereocenters.